The summed E-state index contributed by atoms with van der Waals surface area (Å²) in [7, 11) is 0. The number of nitrogens with one attached hydrogen (secondary N) is 2. The molecule has 1 atom stereocenters. The number of hydrogen-bond acceptors (Lipinski definition) is 4. The van der Waals surface area contributed by atoms with E-state index >= 15 is 0 Å². The van der Waals surface area contributed by atoms with Gasteiger partial charge in [0.2, 0.25) is 5.91 Å². The first kappa shape index (κ1) is 16.7. The molecule has 110 valence electrons. The van der Waals surface area contributed by atoms with Crippen LogP contribution in [0.2, 0.25) is 10.0 Å². The summed E-state index contributed by atoms with van der Waals surface area (Å²) in [6.45, 7) is -0.122. The van der Waals surface area contributed by atoms with Crippen molar-refractivity contribution in [3.8, 4) is 0 Å². The molecule has 20 heavy (non-hydrogen) atoms. The molecule has 8 heteroatoms. The molecule has 1 rings (SSSR count). The van der Waals surface area contributed by atoms with Gasteiger partial charge in [-0.15, -0.1) is 0 Å². The summed E-state index contributed by atoms with van der Waals surface area (Å²) in [5.41, 5.74) is 0.388. The molecule has 0 aliphatic carbocycles. The normalized spacial score (nSPS) is 11.9. The monoisotopic (exact) mass is 320 g/mol. The maximum absolute atomic E-state index is 11.7. The highest BCUT2D eigenvalue weighted by molar-refractivity contribution is 6.35. The molecule has 0 heterocycles. The van der Waals surface area contributed by atoms with Gasteiger partial charge in [-0.3, -0.25) is 9.59 Å². The lowest BCUT2D eigenvalue weighted by Crippen LogP contribution is -2.41. The predicted molar refractivity (Wildman–Crippen MR) is 76.2 cm³/mol. The molecule has 0 radical (unpaired) electrons. The van der Waals surface area contributed by atoms with Gasteiger partial charge in [0, 0.05) is 22.3 Å². The van der Waals surface area contributed by atoms with E-state index in [9.17, 15) is 9.59 Å². The zero-order valence-electron chi connectivity index (χ0n) is 10.4. The van der Waals surface area contributed by atoms with Gasteiger partial charge < -0.3 is 20.8 Å². The molecule has 0 aliphatic heterocycles. The molecule has 1 unspecified atom stereocenters. The number of aliphatic carboxylic acids is 1. The van der Waals surface area contributed by atoms with Gasteiger partial charge in [0.1, 0.15) is 6.04 Å². The highest BCUT2D eigenvalue weighted by Gasteiger charge is 2.20. The summed E-state index contributed by atoms with van der Waals surface area (Å²) in [6, 6.07) is 3.45. The molecule has 0 spiro atoms. The molecule has 4 N–H and O–H groups in total. The molecule has 1 amide bonds. The van der Waals surface area contributed by atoms with Gasteiger partial charge in [-0.25, -0.2) is 0 Å². The number of halogens is 2. The maximum atomic E-state index is 11.7. The third-order valence-corrected chi connectivity index (χ3v) is 2.77. The van der Waals surface area contributed by atoms with E-state index in [2.05, 4.69) is 10.6 Å². The Kier molecular flexibility index (Phi) is 6.74. The second kappa shape index (κ2) is 8.06. The van der Waals surface area contributed by atoms with Crippen LogP contribution in [0.3, 0.4) is 0 Å². The summed E-state index contributed by atoms with van der Waals surface area (Å²) in [4.78, 5) is 22.7. The molecule has 0 aromatic heterocycles. The average molecular weight is 321 g/mol. The second-order valence-electron chi connectivity index (χ2n) is 3.98. The molecular weight excluding hydrogens is 307 g/mol. The Bertz CT molecular complexity index is 476. The average Bonchev–Trinajstić information content (AvgIpc) is 2.32. The van der Waals surface area contributed by atoms with E-state index in [1.165, 1.54) is 18.2 Å². The molecule has 0 fully saturated rings. The van der Waals surface area contributed by atoms with Crippen LogP contribution in [0.1, 0.15) is 6.42 Å². The van der Waals surface area contributed by atoms with Gasteiger partial charge in [0.15, 0.2) is 0 Å². The lowest BCUT2D eigenvalue weighted by atomic mass is 10.2. The number of benzene rings is 1. The molecule has 0 saturated heterocycles. The van der Waals surface area contributed by atoms with Crippen molar-refractivity contribution in [3.63, 3.8) is 0 Å². The third-order valence-electron chi connectivity index (χ3n) is 2.34. The lowest BCUT2D eigenvalue weighted by Gasteiger charge is -2.13. The lowest BCUT2D eigenvalue weighted by molar-refractivity contribution is -0.141. The van der Waals surface area contributed by atoms with Crippen molar-refractivity contribution in [2.45, 2.75) is 12.5 Å². The number of carboxylic acid groups (broad SMARTS) is 1. The van der Waals surface area contributed by atoms with Gasteiger partial charge in [-0.1, -0.05) is 23.2 Å². The van der Waals surface area contributed by atoms with Gasteiger partial charge in [-0.2, -0.15) is 0 Å². The fraction of sp³-hybridized carbons (Fsp3) is 0.333. The zero-order valence-corrected chi connectivity index (χ0v) is 11.9. The highest BCUT2D eigenvalue weighted by atomic mass is 35.5. The summed E-state index contributed by atoms with van der Waals surface area (Å²) in [5, 5.41) is 23.4. The fourth-order valence-corrected chi connectivity index (χ4v) is 2.04. The Morgan fingerprint density at radius 2 is 1.80 bits per heavy atom. The van der Waals surface area contributed by atoms with Crippen molar-refractivity contribution < 1.29 is 19.8 Å². The first-order chi connectivity index (χ1) is 9.42. The largest absolute Gasteiger partial charge is 0.480 e. The van der Waals surface area contributed by atoms with E-state index < -0.39 is 17.9 Å². The van der Waals surface area contributed by atoms with Crippen LogP contribution in [0.4, 0.5) is 5.69 Å². The standard InChI is InChI=1S/C12H14Cl2N2O4/c13-7-3-8(14)5-9(4-7)16-11(18)6-10(12(19)20)15-1-2-17/h3-5,10,15,17H,1-2,6H2,(H,16,18)(H,19,20). The molecule has 0 saturated carbocycles. The van der Waals surface area contributed by atoms with Gasteiger partial charge in [0.05, 0.1) is 13.0 Å². The first-order valence-corrected chi connectivity index (χ1v) is 6.51. The summed E-state index contributed by atoms with van der Waals surface area (Å²) < 4.78 is 0. The quantitative estimate of drug-likeness (QED) is 0.608. The number of amides is 1. The van der Waals surface area contributed by atoms with E-state index in [1.54, 1.807) is 0 Å². The van der Waals surface area contributed by atoms with E-state index in [4.69, 9.17) is 33.4 Å². The molecule has 6 nitrogen and oxygen atoms in total. The summed E-state index contributed by atoms with van der Waals surface area (Å²) in [6.07, 6.45) is -0.278. The van der Waals surface area contributed by atoms with E-state index in [1.807, 2.05) is 0 Å². The van der Waals surface area contributed by atoms with Crippen molar-refractivity contribution in [2.24, 2.45) is 0 Å². The van der Waals surface area contributed by atoms with Crippen molar-refractivity contribution in [1.29, 1.82) is 0 Å². The van der Waals surface area contributed by atoms with Gasteiger partial charge in [0.25, 0.3) is 0 Å². The van der Waals surface area contributed by atoms with Crippen LogP contribution in [0.15, 0.2) is 18.2 Å². The fourth-order valence-electron chi connectivity index (χ4n) is 1.51. The van der Waals surface area contributed by atoms with E-state index in [0.29, 0.717) is 15.7 Å². The number of hydrogen-bond donors (Lipinski definition) is 4. The summed E-state index contributed by atoms with van der Waals surface area (Å²) in [5.74, 6) is -1.67. The van der Waals surface area contributed by atoms with Crippen molar-refractivity contribution in [3.05, 3.63) is 28.2 Å². The Morgan fingerprint density at radius 3 is 2.30 bits per heavy atom. The topological polar surface area (TPSA) is 98.7 Å². The maximum Gasteiger partial charge on any atom is 0.321 e. The Hall–Kier alpha value is -1.34. The van der Waals surface area contributed by atoms with Crippen LogP contribution >= 0.6 is 23.2 Å². The van der Waals surface area contributed by atoms with Crippen LogP contribution in [-0.4, -0.2) is 41.3 Å². The minimum atomic E-state index is -1.17. The van der Waals surface area contributed by atoms with Crippen molar-refractivity contribution in [1.82, 2.24) is 5.32 Å². The summed E-state index contributed by atoms with van der Waals surface area (Å²) >= 11 is 11.6. The van der Waals surface area contributed by atoms with Crippen LogP contribution in [0, 0.1) is 0 Å². The van der Waals surface area contributed by atoms with Crippen LogP contribution in [0.5, 0.6) is 0 Å². The Morgan fingerprint density at radius 1 is 1.20 bits per heavy atom. The van der Waals surface area contributed by atoms with Crippen LogP contribution < -0.4 is 10.6 Å². The molecule has 1 aromatic carbocycles. The van der Waals surface area contributed by atoms with Crippen molar-refractivity contribution >= 4 is 40.8 Å². The predicted octanol–water partition coefficient (Wildman–Crippen LogP) is 1.36. The second-order valence-corrected chi connectivity index (χ2v) is 4.85. The van der Waals surface area contributed by atoms with E-state index in [0.717, 1.165) is 0 Å². The van der Waals surface area contributed by atoms with Gasteiger partial charge in [-0.05, 0) is 18.2 Å². The number of carboxylic acids is 1. The number of aliphatic hydroxyl groups is 1. The Balaban J connectivity index is 2.63. The SMILES string of the molecule is O=C(CC(NCCO)C(=O)O)Nc1cc(Cl)cc(Cl)c1. The van der Waals surface area contributed by atoms with Gasteiger partial charge >= 0.3 is 5.97 Å². The highest BCUT2D eigenvalue weighted by Crippen LogP contribution is 2.22. The number of anilines is 1. The third kappa shape index (κ3) is 5.75. The minimum absolute atomic E-state index is 0.0905. The van der Waals surface area contributed by atoms with Crippen molar-refractivity contribution in [2.75, 3.05) is 18.5 Å². The van der Waals surface area contributed by atoms with Crippen LogP contribution in [0.25, 0.3) is 0 Å². The molecular formula is C12H14Cl2N2O4. The Labute approximate surface area is 125 Å². The molecule has 1 aromatic rings. The smallest absolute Gasteiger partial charge is 0.321 e. The number of carbonyl (C=O) groups excluding carboxylic acids is 1. The van der Waals surface area contributed by atoms with Crippen LogP contribution in [-0.2, 0) is 9.59 Å². The molecule has 0 aliphatic rings. The number of aliphatic hydroxyl groups excluding tert-OH is 1. The minimum Gasteiger partial charge on any atom is -0.480 e. The zero-order chi connectivity index (χ0) is 15.1. The molecule has 0 bridgehead atoms. The van der Waals surface area contributed by atoms with E-state index in [-0.39, 0.29) is 19.6 Å². The number of rotatable bonds is 7. The number of carbonyl (C=O) groups is 2. The first-order valence-electron chi connectivity index (χ1n) is 5.75.